The average Bonchev–Trinajstić information content (AvgIpc) is 1.85. The number of carboxylic acids is 1. The van der Waals surface area contributed by atoms with Gasteiger partial charge < -0.3 is 10.8 Å². The van der Waals surface area contributed by atoms with Crippen molar-refractivity contribution in [3.8, 4) is 0 Å². The molecule has 0 saturated heterocycles. The van der Waals surface area contributed by atoms with Gasteiger partial charge in [0, 0.05) is 5.69 Å². The van der Waals surface area contributed by atoms with E-state index in [4.69, 9.17) is 10.8 Å². The Morgan fingerprint density at radius 3 is 2.91 bits per heavy atom. The predicted molar refractivity (Wildman–Crippen MR) is 41.0 cm³/mol. The van der Waals surface area contributed by atoms with E-state index in [-0.39, 0.29) is 6.42 Å². The monoisotopic (exact) mass is 150 g/mol. The van der Waals surface area contributed by atoms with Crippen LogP contribution in [0.1, 0.15) is 5.56 Å². The van der Waals surface area contributed by atoms with Crippen LogP contribution < -0.4 is 5.73 Å². The van der Waals surface area contributed by atoms with E-state index < -0.39 is 5.97 Å². The number of anilines is 1. The largest absolute Gasteiger partial charge is 0.481 e. The summed E-state index contributed by atoms with van der Waals surface area (Å²) in [6, 6.07) is 7.59. The van der Waals surface area contributed by atoms with E-state index in [1.165, 1.54) is 0 Å². The third kappa shape index (κ3) is 2.29. The third-order valence-electron chi connectivity index (χ3n) is 1.23. The lowest BCUT2D eigenvalue weighted by Crippen LogP contribution is -2.00. The van der Waals surface area contributed by atoms with Crippen LogP contribution in [-0.2, 0) is 11.2 Å². The van der Waals surface area contributed by atoms with Crippen molar-refractivity contribution in [2.24, 2.45) is 0 Å². The summed E-state index contributed by atoms with van der Waals surface area (Å²) in [5, 5.41) is 8.40. The van der Waals surface area contributed by atoms with Crippen molar-refractivity contribution in [1.82, 2.24) is 0 Å². The first kappa shape index (κ1) is 7.60. The molecule has 0 atom stereocenters. The fraction of sp³-hybridized carbons (Fsp3) is 0.125. The van der Waals surface area contributed by atoms with Crippen molar-refractivity contribution in [2.75, 3.05) is 5.73 Å². The summed E-state index contributed by atoms with van der Waals surface area (Å²) in [5.74, 6) is -0.857. The number of benzene rings is 1. The second-order valence-corrected chi connectivity index (χ2v) is 2.25. The van der Waals surface area contributed by atoms with Crippen LogP contribution in [0.4, 0.5) is 5.69 Å². The van der Waals surface area contributed by atoms with Crippen LogP contribution in [0.2, 0.25) is 0 Å². The van der Waals surface area contributed by atoms with Gasteiger partial charge in [0.15, 0.2) is 0 Å². The van der Waals surface area contributed by atoms with Gasteiger partial charge in [0.05, 0.1) is 6.42 Å². The minimum absolute atomic E-state index is 0.00153. The normalized spacial score (nSPS) is 9.45. The van der Waals surface area contributed by atoms with Crippen molar-refractivity contribution in [2.45, 2.75) is 6.42 Å². The number of rotatable bonds is 2. The number of carboxylic acid groups (broad SMARTS) is 1. The number of nitrogens with two attached hydrogens (primary N) is 1. The standard InChI is InChI=1S/C8H8NO2/c9-7-3-1-2-6(4-7)5-8(10)11/h2-4H,5,9H2,(H,10,11). The molecular weight excluding hydrogens is 142 g/mol. The summed E-state index contributed by atoms with van der Waals surface area (Å²) in [6.07, 6.45) is 0.00153. The van der Waals surface area contributed by atoms with Gasteiger partial charge in [-0.1, -0.05) is 6.07 Å². The van der Waals surface area contributed by atoms with Crippen LogP contribution >= 0.6 is 0 Å². The summed E-state index contributed by atoms with van der Waals surface area (Å²) in [6.45, 7) is 0. The minimum Gasteiger partial charge on any atom is -0.481 e. The van der Waals surface area contributed by atoms with E-state index in [1.807, 2.05) is 0 Å². The van der Waals surface area contributed by atoms with Crippen LogP contribution in [0.15, 0.2) is 18.2 Å². The average molecular weight is 150 g/mol. The molecule has 0 aromatic heterocycles. The minimum atomic E-state index is -0.857. The summed E-state index contributed by atoms with van der Waals surface area (Å²) in [7, 11) is 0. The number of hydrogen-bond donors (Lipinski definition) is 2. The SMILES string of the molecule is Nc1c[c]cc(CC(=O)O)c1. The molecule has 3 N–H and O–H groups in total. The molecule has 1 aromatic rings. The molecular formula is C8H8NO2. The predicted octanol–water partition coefficient (Wildman–Crippen LogP) is 0.696. The van der Waals surface area contributed by atoms with Gasteiger partial charge in [-0.3, -0.25) is 4.79 Å². The molecule has 0 heterocycles. The maximum atomic E-state index is 10.2. The van der Waals surface area contributed by atoms with E-state index in [1.54, 1.807) is 18.2 Å². The topological polar surface area (TPSA) is 63.3 Å². The van der Waals surface area contributed by atoms with E-state index in [0.717, 1.165) is 0 Å². The Bertz CT molecular complexity index is 271. The summed E-state index contributed by atoms with van der Waals surface area (Å²) in [5.41, 5.74) is 6.63. The molecule has 0 unspecified atom stereocenters. The van der Waals surface area contributed by atoms with Crippen LogP contribution in [0, 0.1) is 6.07 Å². The molecule has 1 rings (SSSR count). The Morgan fingerprint density at radius 1 is 1.64 bits per heavy atom. The quantitative estimate of drug-likeness (QED) is 0.610. The first-order valence-corrected chi connectivity index (χ1v) is 3.16. The Hall–Kier alpha value is -1.51. The molecule has 57 valence electrons. The van der Waals surface area contributed by atoms with Gasteiger partial charge in [-0.25, -0.2) is 0 Å². The lowest BCUT2D eigenvalue weighted by molar-refractivity contribution is -0.136. The maximum Gasteiger partial charge on any atom is 0.307 e. The second-order valence-electron chi connectivity index (χ2n) is 2.25. The van der Waals surface area contributed by atoms with Gasteiger partial charge in [0.1, 0.15) is 0 Å². The van der Waals surface area contributed by atoms with Crippen LogP contribution in [0.3, 0.4) is 0 Å². The summed E-state index contributed by atoms with van der Waals surface area (Å²) in [4.78, 5) is 10.2. The van der Waals surface area contributed by atoms with Gasteiger partial charge in [-0.05, 0) is 23.8 Å². The van der Waals surface area contributed by atoms with Crippen molar-refractivity contribution < 1.29 is 9.90 Å². The highest BCUT2D eigenvalue weighted by atomic mass is 16.4. The third-order valence-corrected chi connectivity index (χ3v) is 1.23. The Labute approximate surface area is 64.5 Å². The van der Waals surface area contributed by atoms with E-state index in [0.29, 0.717) is 11.3 Å². The lowest BCUT2D eigenvalue weighted by Gasteiger charge is -1.96. The first-order valence-electron chi connectivity index (χ1n) is 3.16. The molecule has 3 heteroatoms. The molecule has 0 fully saturated rings. The van der Waals surface area contributed by atoms with Crippen LogP contribution in [0.25, 0.3) is 0 Å². The van der Waals surface area contributed by atoms with Gasteiger partial charge in [0.25, 0.3) is 0 Å². The number of aliphatic carboxylic acids is 1. The zero-order valence-electron chi connectivity index (χ0n) is 5.87. The molecule has 11 heavy (non-hydrogen) atoms. The smallest absolute Gasteiger partial charge is 0.307 e. The van der Waals surface area contributed by atoms with Gasteiger partial charge in [0.2, 0.25) is 0 Å². The van der Waals surface area contributed by atoms with Crippen LogP contribution in [0.5, 0.6) is 0 Å². The highest BCUT2D eigenvalue weighted by molar-refractivity contribution is 5.70. The van der Waals surface area contributed by atoms with Crippen molar-refractivity contribution in [3.63, 3.8) is 0 Å². The van der Waals surface area contributed by atoms with Gasteiger partial charge in [-0.15, -0.1) is 0 Å². The van der Waals surface area contributed by atoms with Crippen molar-refractivity contribution >= 4 is 11.7 Å². The van der Waals surface area contributed by atoms with Gasteiger partial charge >= 0.3 is 5.97 Å². The Balaban J connectivity index is 2.79. The molecule has 0 aliphatic rings. The number of nitrogen functional groups attached to an aromatic ring is 1. The van der Waals surface area contributed by atoms with Crippen LogP contribution in [-0.4, -0.2) is 11.1 Å². The zero-order valence-corrected chi connectivity index (χ0v) is 5.87. The molecule has 0 spiro atoms. The molecule has 1 aromatic carbocycles. The fourth-order valence-electron chi connectivity index (χ4n) is 0.819. The molecule has 0 aliphatic heterocycles. The van der Waals surface area contributed by atoms with Crippen molar-refractivity contribution in [1.29, 1.82) is 0 Å². The Morgan fingerprint density at radius 2 is 2.36 bits per heavy atom. The highest BCUT2D eigenvalue weighted by Crippen LogP contribution is 2.05. The van der Waals surface area contributed by atoms with Gasteiger partial charge in [-0.2, -0.15) is 0 Å². The fourth-order valence-corrected chi connectivity index (χ4v) is 0.819. The second kappa shape index (κ2) is 3.05. The van der Waals surface area contributed by atoms with E-state index >= 15 is 0 Å². The molecule has 0 amide bonds. The molecule has 1 radical (unpaired) electrons. The summed E-state index contributed by atoms with van der Waals surface area (Å²) >= 11 is 0. The number of hydrogen-bond acceptors (Lipinski definition) is 2. The Kier molecular flexibility index (Phi) is 2.11. The molecule has 3 nitrogen and oxygen atoms in total. The zero-order chi connectivity index (χ0) is 8.27. The molecule has 0 aliphatic carbocycles. The van der Waals surface area contributed by atoms with E-state index in [9.17, 15) is 4.79 Å². The lowest BCUT2D eigenvalue weighted by atomic mass is 10.1. The van der Waals surface area contributed by atoms with Crippen molar-refractivity contribution in [3.05, 3.63) is 29.8 Å². The van der Waals surface area contributed by atoms with E-state index in [2.05, 4.69) is 6.07 Å². The number of carbonyl (C=O) groups is 1. The summed E-state index contributed by atoms with van der Waals surface area (Å²) < 4.78 is 0. The first-order chi connectivity index (χ1) is 5.18. The maximum absolute atomic E-state index is 10.2. The highest BCUT2D eigenvalue weighted by Gasteiger charge is 1.98. The molecule has 0 saturated carbocycles. The molecule has 0 bridgehead atoms.